The second-order valence-electron chi connectivity index (χ2n) is 4.18. The van der Waals surface area contributed by atoms with E-state index >= 15 is 0 Å². The van der Waals surface area contributed by atoms with Gasteiger partial charge in [0, 0.05) is 25.4 Å². The smallest absolute Gasteiger partial charge is 0.220 e. The molecule has 0 spiro atoms. The predicted octanol–water partition coefficient (Wildman–Crippen LogP) is 2.20. The van der Waals surface area contributed by atoms with Gasteiger partial charge in [0.15, 0.2) is 12.0 Å². The Morgan fingerprint density at radius 2 is 1.90 bits per heavy atom. The van der Waals surface area contributed by atoms with Crippen LogP contribution in [0.5, 0.6) is 0 Å². The molecule has 0 saturated carbocycles. The van der Waals surface area contributed by atoms with Crippen molar-refractivity contribution in [2.45, 2.75) is 12.8 Å². The average molecular weight is 284 g/mol. The molecule has 3 aromatic rings. The van der Waals surface area contributed by atoms with Crippen LogP contribution in [0.3, 0.4) is 0 Å². The van der Waals surface area contributed by atoms with Crippen molar-refractivity contribution in [1.29, 1.82) is 0 Å². The van der Waals surface area contributed by atoms with Crippen LogP contribution in [0.4, 0.5) is 0 Å². The Kier molecular flexibility index (Phi) is 5.87. The molecule has 1 N–H and O–H groups in total. The lowest BCUT2D eigenvalue weighted by Gasteiger charge is -1.80. The summed E-state index contributed by atoms with van der Waals surface area (Å²) in [5, 5.41) is 2.68. The van der Waals surface area contributed by atoms with Crippen molar-refractivity contribution in [3.05, 3.63) is 55.4 Å². The number of aromatic nitrogens is 3. The summed E-state index contributed by atoms with van der Waals surface area (Å²) in [6, 6.07) is 9.44. The lowest BCUT2D eigenvalue weighted by Crippen LogP contribution is -2.12. The lowest BCUT2D eigenvalue weighted by molar-refractivity contribution is -0.119. The van der Waals surface area contributed by atoms with Crippen molar-refractivity contribution < 1.29 is 9.21 Å². The Labute approximate surface area is 122 Å². The Bertz CT molecular complexity index is 590. The van der Waals surface area contributed by atoms with Gasteiger partial charge in [-0.3, -0.25) is 4.79 Å². The van der Waals surface area contributed by atoms with Crippen molar-refractivity contribution in [3.63, 3.8) is 0 Å². The first-order chi connectivity index (χ1) is 10.4. The highest BCUT2D eigenvalue weighted by atomic mass is 16.3. The summed E-state index contributed by atoms with van der Waals surface area (Å²) in [6.07, 6.45) is 8.09. The minimum absolute atomic E-state index is 0.204. The van der Waals surface area contributed by atoms with Gasteiger partial charge >= 0.3 is 0 Å². The molecule has 6 heteroatoms. The Balaban J connectivity index is 0.000000120. The van der Waals surface area contributed by atoms with Crippen molar-refractivity contribution in [2.75, 3.05) is 6.54 Å². The molecule has 1 saturated heterocycles. The summed E-state index contributed by atoms with van der Waals surface area (Å²) in [6.45, 7) is 0.888. The highest BCUT2D eigenvalue weighted by Crippen LogP contribution is 2.09. The van der Waals surface area contributed by atoms with Crippen molar-refractivity contribution in [2.24, 2.45) is 0 Å². The van der Waals surface area contributed by atoms with Gasteiger partial charge in [-0.15, -0.1) is 0 Å². The fraction of sp³-hybridized carbons (Fsp3) is 0.200. The number of fused-ring (bicyclic) bond motifs is 1. The lowest BCUT2D eigenvalue weighted by atomic mass is 10.3. The number of para-hydroxylation sites is 2. The van der Waals surface area contributed by atoms with Gasteiger partial charge in [0.05, 0.1) is 0 Å². The molecule has 2 aromatic heterocycles. The van der Waals surface area contributed by atoms with Crippen LogP contribution in [0.2, 0.25) is 0 Å². The molecule has 1 aromatic carbocycles. The van der Waals surface area contributed by atoms with Crippen LogP contribution >= 0.6 is 0 Å². The minimum atomic E-state index is 0.204. The zero-order valence-electron chi connectivity index (χ0n) is 11.5. The molecule has 1 amide bonds. The molecule has 1 aliphatic heterocycles. The quantitative estimate of drug-likeness (QED) is 0.684. The highest BCUT2D eigenvalue weighted by Gasteiger charge is 2.05. The van der Waals surface area contributed by atoms with Crippen molar-refractivity contribution >= 4 is 17.0 Å². The molecule has 1 aliphatic rings. The number of nitrogens with zero attached hydrogens (tertiary/aromatic N) is 3. The van der Waals surface area contributed by atoms with Gasteiger partial charge in [-0.2, -0.15) is 0 Å². The second-order valence-corrected chi connectivity index (χ2v) is 4.18. The summed E-state index contributed by atoms with van der Waals surface area (Å²) < 4.78 is 5.01. The van der Waals surface area contributed by atoms with Crippen LogP contribution < -0.4 is 5.32 Å². The summed E-state index contributed by atoms with van der Waals surface area (Å²) in [4.78, 5) is 21.4. The van der Waals surface area contributed by atoms with E-state index in [-0.39, 0.29) is 5.91 Å². The summed E-state index contributed by atoms with van der Waals surface area (Å²) >= 11 is 0. The van der Waals surface area contributed by atoms with Gasteiger partial charge in [-0.25, -0.2) is 15.0 Å². The van der Waals surface area contributed by atoms with E-state index in [2.05, 4.69) is 20.3 Å². The molecule has 108 valence electrons. The number of carbonyl (C=O) groups excluding carboxylic acids is 1. The van der Waals surface area contributed by atoms with Crippen LogP contribution in [0, 0.1) is 0 Å². The molecular formula is C15H16N4O2. The topological polar surface area (TPSA) is 80.9 Å². The van der Waals surface area contributed by atoms with E-state index in [1.807, 2.05) is 24.3 Å². The first kappa shape index (κ1) is 14.6. The molecule has 21 heavy (non-hydrogen) atoms. The highest BCUT2D eigenvalue weighted by molar-refractivity contribution is 5.77. The molecule has 0 bridgehead atoms. The third kappa shape index (κ3) is 5.40. The van der Waals surface area contributed by atoms with Gasteiger partial charge in [-0.1, -0.05) is 12.1 Å². The van der Waals surface area contributed by atoms with E-state index in [1.165, 1.54) is 12.7 Å². The predicted molar refractivity (Wildman–Crippen MR) is 78.3 cm³/mol. The fourth-order valence-electron chi connectivity index (χ4n) is 1.62. The Morgan fingerprint density at radius 3 is 2.38 bits per heavy atom. The van der Waals surface area contributed by atoms with Crippen LogP contribution in [0.15, 0.2) is 59.9 Å². The maximum atomic E-state index is 10.1. The summed E-state index contributed by atoms with van der Waals surface area (Å²) in [5.41, 5.74) is 1.76. The monoisotopic (exact) mass is 284 g/mol. The number of oxazole rings is 1. The van der Waals surface area contributed by atoms with Crippen LogP contribution in [-0.4, -0.2) is 27.4 Å². The second kappa shape index (κ2) is 8.42. The van der Waals surface area contributed by atoms with E-state index in [1.54, 1.807) is 18.5 Å². The maximum absolute atomic E-state index is 10.1. The average Bonchev–Trinajstić information content (AvgIpc) is 3.21. The molecule has 0 unspecified atom stereocenters. The zero-order valence-corrected chi connectivity index (χ0v) is 11.5. The number of nitrogens with one attached hydrogen (secondary N) is 1. The summed E-state index contributed by atoms with van der Waals surface area (Å²) in [5.74, 6) is 0.204. The fourth-order valence-corrected chi connectivity index (χ4v) is 1.62. The number of carbonyl (C=O) groups is 1. The largest absolute Gasteiger partial charge is 0.443 e. The Hall–Kier alpha value is -2.76. The van der Waals surface area contributed by atoms with Gasteiger partial charge in [0.25, 0.3) is 0 Å². The zero-order chi connectivity index (χ0) is 14.8. The van der Waals surface area contributed by atoms with Crippen LogP contribution in [0.25, 0.3) is 11.1 Å². The first-order valence-electron chi connectivity index (χ1n) is 6.61. The third-order valence-electron chi connectivity index (χ3n) is 2.62. The summed E-state index contributed by atoms with van der Waals surface area (Å²) in [7, 11) is 0. The van der Waals surface area contributed by atoms with E-state index < -0.39 is 0 Å². The molecule has 4 rings (SSSR count). The minimum Gasteiger partial charge on any atom is -0.443 e. The van der Waals surface area contributed by atoms with Crippen molar-refractivity contribution in [3.8, 4) is 0 Å². The third-order valence-corrected chi connectivity index (χ3v) is 2.62. The molecule has 1 fully saturated rings. The van der Waals surface area contributed by atoms with Crippen LogP contribution in [0.1, 0.15) is 12.8 Å². The number of rotatable bonds is 0. The van der Waals surface area contributed by atoms with Gasteiger partial charge < -0.3 is 9.73 Å². The van der Waals surface area contributed by atoms with Gasteiger partial charge in [0.1, 0.15) is 11.8 Å². The Morgan fingerprint density at radius 1 is 1.10 bits per heavy atom. The van der Waals surface area contributed by atoms with Crippen LogP contribution in [-0.2, 0) is 4.79 Å². The maximum Gasteiger partial charge on any atom is 0.220 e. The van der Waals surface area contributed by atoms with E-state index in [4.69, 9.17) is 4.42 Å². The number of amides is 1. The van der Waals surface area contributed by atoms with E-state index in [9.17, 15) is 4.79 Å². The van der Waals surface area contributed by atoms with E-state index in [0.717, 1.165) is 30.5 Å². The normalized spacial score (nSPS) is 12.7. The van der Waals surface area contributed by atoms with E-state index in [0.29, 0.717) is 0 Å². The molecule has 0 radical (unpaired) electrons. The number of benzene rings is 1. The SMILES string of the molecule is O=C1CCCN1.c1ccc2ocnc2c1.c1cncnc1. The van der Waals surface area contributed by atoms with Gasteiger partial charge in [0.2, 0.25) is 5.91 Å². The standard InChI is InChI=1S/C7H5NO.C4H4N2.C4H7NO/c1-2-4-7-6(3-1)8-5-9-7;1-2-5-4-6-3-1;6-4-2-1-3-5-4/h1-5H;1-4H;1-3H2,(H,5,6). The van der Waals surface area contributed by atoms with Crippen molar-refractivity contribution in [1.82, 2.24) is 20.3 Å². The molecule has 3 heterocycles. The number of hydrogen-bond acceptors (Lipinski definition) is 5. The molecular weight excluding hydrogens is 268 g/mol. The molecule has 6 nitrogen and oxygen atoms in total. The first-order valence-corrected chi connectivity index (χ1v) is 6.61. The van der Waals surface area contributed by atoms with Gasteiger partial charge in [-0.05, 0) is 24.6 Å². The molecule has 0 atom stereocenters. The number of hydrogen-bond donors (Lipinski definition) is 1. The molecule has 0 aliphatic carbocycles.